The number of benzene rings is 2. The van der Waals surface area contributed by atoms with Crippen LogP contribution in [0.15, 0.2) is 53.4 Å². The summed E-state index contributed by atoms with van der Waals surface area (Å²) in [6.07, 6.45) is 2.02. The quantitative estimate of drug-likeness (QED) is 0.833. The molecule has 1 fully saturated rings. The molecule has 2 aromatic rings. The Labute approximate surface area is 161 Å². The van der Waals surface area contributed by atoms with Crippen molar-refractivity contribution in [2.75, 3.05) is 9.62 Å². The molecule has 1 amide bonds. The summed E-state index contributed by atoms with van der Waals surface area (Å²) in [6.45, 7) is 7.81. The Morgan fingerprint density at radius 3 is 2.00 bits per heavy atom. The number of nitrogens with one attached hydrogen (secondary N) is 1. The third kappa shape index (κ3) is 4.50. The molecule has 0 radical (unpaired) electrons. The second-order valence-electron chi connectivity index (χ2n) is 8.05. The molecule has 1 aliphatic carbocycles. The molecule has 0 aromatic heterocycles. The Bertz CT molecular complexity index is 923. The van der Waals surface area contributed by atoms with Gasteiger partial charge in [-0.25, -0.2) is 8.42 Å². The molecule has 1 N–H and O–H groups in total. The van der Waals surface area contributed by atoms with Crippen LogP contribution in [0.3, 0.4) is 0 Å². The molecule has 5 nitrogen and oxygen atoms in total. The van der Waals surface area contributed by atoms with Gasteiger partial charge < -0.3 is 4.90 Å². The topological polar surface area (TPSA) is 66.5 Å². The summed E-state index contributed by atoms with van der Waals surface area (Å²) >= 11 is 0. The number of carbonyl (C=O) groups excluding carboxylic acids is 1. The van der Waals surface area contributed by atoms with Crippen LogP contribution in [0.2, 0.25) is 0 Å². The molecule has 6 heteroatoms. The van der Waals surface area contributed by atoms with Crippen molar-refractivity contribution in [3.63, 3.8) is 0 Å². The van der Waals surface area contributed by atoms with E-state index in [1.165, 1.54) is 0 Å². The standard InChI is InChI=1S/C21H26N2O3S/c1-15(24)23(19-11-12-19)18-9-7-17(8-10-18)22-27(25,26)20-13-5-16(6-14-20)21(2,3)4/h5-10,13-14,19,22H,11-12H2,1-4H3. The number of sulfonamides is 1. The fourth-order valence-electron chi connectivity index (χ4n) is 3.02. The second kappa shape index (κ2) is 7.00. The van der Waals surface area contributed by atoms with Gasteiger partial charge in [0.25, 0.3) is 10.0 Å². The Hall–Kier alpha value is -2.34. The molecular weight excluding hydrogens is 360 g/mol. The first-order valence-electron chi connectivity index (χ1n) is 9.11. The van der Waals surface area contributed by atoms with E-state index in [0.29, 0.717) is 5.69 Å². The van der Waals surface area contributed by atoms with Crippen LogP contribution in [0.25, 0.3) is 0 Å². The highest BCUT2D eigenvalue weighted by molar-refractivity contribution is 7.92. The van der Waals surface area contributed by atoms with Gasteiger partial charge in [0.2, 0.25) is 5.91 Å². The molecule has 0 bridgehead atoms. The maximum atomic E-state index is 12.6. The summed E-state index contributed by atoms with van der Waals surface area (Å²) in [5, 5.41) is 0. The second-order valence-corrected chi connectivity index (χ2v) is 9.73. The Kier molecular flexibility index (Phi) is 5.04. The molecule has 0 heterocycles. The third-order valence-corrected chi connectivity index (χ3v) is 6.08. The number of nitrogens with zero attached hydrogens (tertiary/aromatic N) is 1. The van der Waals surface area contributed by atoms with Gasteiger partial charge in [-0.3, -0.25) is 9.52 Å². The van der Waals surface area contributed by atoms with Gasteiger partial charge >= 0.3 is 0 Å². The van der Waals surface area contributed by atoms with Gasteiger partial charge in [0, 0.05) is 24.3 Å². The van der Waals surface area contributed by atoms with Crippen molar-refractivity contribution in [2.45, 2.75) is 56.9 Å². The molecule has 2 aromatic carbocycles. The van der Waals surface area contributed by atoms with Gasteiger partial charge in [-0.2, -0.15) is 0 Å². The molecule has 0 atom stereocenters. The van der Waals surface area contributed by atoms with Crippen LogP contribution in [0.5, 0.6) is 0 Å². The summed E-state index contributed by atoms with van der Waals surface area (Å²) < 4.78 is 27.9. The van der Waals surface area contributed by atoms with Crippen LogP contribution in [0.1, 0.15) is 46.1 Å². The Balaban J connectivity index is 1.76. The predicted molar refractivity (Wildman–Crippen MR) is 109 cm³/mol. The van der Waals surface area contributed by atoms with E-state index >= 15 is 0 Å². The number of hydrogen-bond acceptors (Lipinski definition) is 3. The number of carbonyl (C=O) groups is 1. The minimum atomic E-state index is -3.66. The summed E-state index contributed by atoms with van der Waals surface area (Å²) in [5.74, 6) is 0.00442. The molecule has 144 valence electrons. The molecule has 0 aliphatic heterocycles. The van der Waals surface area contributed by atoms with E-state index in [2.05, 4.69) is 25.5 Å². The highest BCUT2D eigenvalue weighted by Crippen LogP contribution is 2.32. The van der Waals surface area contributed by atoms with Crippen LogP contribution in [0.4, 0.5) is 11.4 Å². The van der Waals surface area contributed by atoms with Crippen molar-refractivity contribution < 1.29 is 13.2 Å². The van der Waals surface area contributed by atoms with Crippen LogP contribution in [-0.2, 0) is 20.2 Å². The molecule has 1 saturated carbocycles. The fraction of sp³-hybridized carbons (Fsp3) is 0.381. The smallest absolute Gasteiger partial charge is 0.261 e. The number of anilines is 2. The molecule has 27 heavy (non-hydrogen) atoms. The van der Waals surface area contributed by atoms with Gasteiger partial charge in [0.1, 0.15) is 0 Å². The molecular formula is C21H26N2O3S. The Morgan fingerprint density at radius 1 is 1.00 bits per heavy atom. The van der Waals surface area contributed by atoms with Crippen molar-refractivity contribution in [3.05, 3.63) is 54.1 Å². The van der Waals surface area contributed by atoms with Gasteiger partial charge in [-0.15, -0.1) is 0 Å². The summed E-state index contributed by atoms with van der Waals surface area (Å²) in [6, 6.07) is 14.1. The number of amides is 1. The number of hydrogen-bond donors (Lipinski definition) is 1. The van der Waals surface area contributed by atoms with Crippen molar-refractivity contribution >= 4 is 27.3 Å². The van der Waals surface area contributed by atoms with Crippen LogP contribution >= 0.6 is 0 Å². The fourth-order valence-corrected chi connectivity index (χ4v) is 4.08. The monoisotopic (exact) mass is 386 g/mol. The third-order valence-electron chi connectivity index (χ3n) is 4.68. The SMILES string of the molecule is CC(=O)N(c1ccc(NS(=O)(=O)c2ccc(C(C)(C)C)cc2)cc1)C1CC1. The summed E-state index contributed by atoms with van der Waals surface area (Å²) in [4.78, 5) is 13.8. The van der Waals surface area contributed by atoms with Crippen molar-refractivity contribution in [3.8, 4) is 0 Å². The zero-order valence-electron chi connectivity index (χ0n) is 16.2. The van der Waals surface area contributed by atoms with E-state index in [-0.39, 0.29) is 22.3 Å². The first kappa shape index (κ1) is 19.4. The van der Waals surface area contributed by atoms with Crippen LogP contribution in [-0.4, -0.2) is 20.4 Å². The minimum Gasteiger partial charge on any atom is -0.310 e. The minimum absolute atomic E-state index is 0.00442. The summed E-state index contributed by atoms with van der Waals surface area (Å²) in [5.41, 5.74) is 2.31. The lowest BCUT2D eigenvalue weighted by Crippen LogP contribution is -2.30. The average Bonchev–Trinajstić information content (AvgIpc) is 3.40. The van der Waals surface area contributed by atoms with E-state index in [9.17, 15) is 13.2 Å². The van der Waals surface area contributed by atoms with E-state index < -0.39 is 10.0 Å². The molecule has 0 spiro atoms. The van der Waals surface area contributed by atoms with Crippen molar-refractivity contribution in [2.24, 2.45) is 0 Å². The maximum absolute atomic E-state index is 12.6. The van der Waals surface area contributed by atoms with Gasteiger partial charge in [-0.05, 0) is 60.2 Å². The lowest BCUT2D eigenvalue weighted by molar-refractivity contribution is -0.116. The molecule has 0 unspecified atom stereocenters. The van der Waals surface area contributed by atoms with Crippen molar-refractivity contribution in [1.29, 1.82) is 0 Å². The highest BCUT2D eigenvalue weighted by Gasteiger charge is 2.31. The van der Waals surface area contributed by atoms with Crippen molar-refractivity contribution in [1.82, 2.24) is 0 Å². The molecule has 1 aliphatic rings. The average molecular weight is 387 g/mol. The zero-order valence-corrected chi connectivity index (χ0v) is 17.0. The largest absolute Gasteiger partial charge is 0.310 e. The zero-order chi connectivity index (χ0) is 19.8. The van der Waals surface area contributed by atoms with E-state index in [1.54, 1.807) is 48.2 Å². The maximum Gasteiger partial charge on any atom is 0.261 e. The molecule has 3 rings (SSSR count). The lowest BCUT2D eigenvalue weighted by atomic mass is 9.87. The van der Waals surface area contributed by atoms with E-state index in [0.717, 1.165) is 24.1 Å². The lowest BCUT2D eigenvalue weighted by Gasteiger charge is -2.21. The van der Waals surface area contributed by atoms with E-state index in [4.69, 9.17) is 0 Å². The Morgan fingerprint density at radius 2 is 1.56 bits per heavy atom. The normalized spacial score (nSPS) is 14.7. The first-order valence-corrected chi connectivity index (χ1v) is 10.6. The van der Waals surface area contributed by atoms with Gasteiger partial charge in [-0.1, -0.05) is 32.9 Å². The summed E-state index contributed by atoms with van der Waals surface area (Å²) in [7, 11) is -3.66. The van der Waals surface area contributed by atoms with Crippen LogP contribution in [0, 0.1) is 0 Å². The highest BCUT2D eigenvalue weighted by atomic mass is 32.2. The van der Waals surface area contributed by atoms with Gasteiger partial charge in [0.05, 0.1) is 4.90 Å². The van der Waals surface area contributed by atoms with E-state index in [1.807, 2.05) is 12.1 Å². The molecule has 0 saturated heterocycles. The number of rotatable bonds is 5. The van der Waals surface area contributed by atoms with Gasteiger partial charge in [0.15, 0.2) is 0 Å². The van der Waals surface area contributed by atoms with Crippen LogP contribution < -0.4 is 9.62 Å². The predicted octanol–water partition coefficient (Wildman–Crippen LogP) is 4.30. The first-order chi connectivity index (χ1) is 12.6.